The first-order valence-corrected chi connectivity index (χ1v) is 22.7. The van der Waals surface area contributed by atoms with Crippen LogP contribution in [0, 0.1) is 42.4 Å². The highest BCUT2D eigenvalue weighted by atomic mass is 16.5. The smallest absolute Gasteiger partial charge is 0.119 e. The van der Waals surface area contributed by atoms with Gasteiger partial charge in [0.05, 0.1) is 13.2 Å². The van der Waals surface area contributed by atoms with Crippen LogP contribution in [-0.4, -0.2) is 13.2 Å². The zero-order valence-corrected chi connectivity index (χ0v) is 35.8. The van der Waals surface area contributed by atoms with Crippen LogP contribution in [-0.2, 0) is 6.42 Å². The second kappa shape index (κ2) is 25.1. The Hall–Kier alpha value is -4.40. The SMILES string of the molecule is CCCCCCOc1ccc(C#C[C@H]2CC[C@H](c3ccc(C)cc3)CC2)cc1.CCCCCCOc1ccc(C#C[C@H]2CC[C@H](c3ccc(CC)cc3)CC2)cc1. The number of aryl methyl sites for hydroxylation is 2. The molecule has 4 aromatic rings. The van der Waals surface area contributed by atoms with Gasteiger partial charge in [0.1, 0.15) is 11.5 Å². The fraction of sp³-hybridized carbons (Fsp3) is 0.491. The van der Waals surface area contributed by atoms with Crippen LogP contribution in [0.15, 0.2) is 97.1 Å². The Labute approximate surface area is 347 Å². The quantitative estimate of drug-likeness (QED) is 0.0887. The summed E-state index contributed by atoms with van der Waals surface area (Å²) in [6.07, 6.45) is 20.9. The van der Waals surface area contributed by atoms with E-state index in [4.69, 9.17) is 9.47 Å². The monoisotopic (exact) mass is 763 g/mol. The van der Waals surface area contributed by atoms with Crippen LogP contribution in [0.25, 0.3) is 0 Å². The normalized spacial score (nSPS) is 18.8. The average Bonchev–Trinajstić information content (AvgIpc) is 3.26. The number of benzene rings is 4. The number of unbranched alkanes of at least 4 members (excludes halogenated alkanes) is 6. The van der Waals surface area contributed by atoms with Crippen LogP contribution in [0.1, 0.15) is 169 Å². The van der Waals surface area contributed by atoms with Crippen LogP contribution in [0.4, 0.5) is 0 Å². The molecule has 2 heteroatoms. The van der Waals surface area contributed by atoms with Gasteiger partial charge >= 0.3 is 0 Å². The molecule has 0 bridgehead atoms. The topological polar surface area (TPSA) is 18.5 Å². The van der Waals surface area contributed by atoms with E-state index in [9.17, 15) is 0 Å². The fourth-order valence-electron chi connectivity index (χ4n) is 8.08. The van der Waals surface area contributed by atoms with Crippen molar-refractivity contribution in [2.45, 2.75) is 149 Å². The lowest BCUT2D eigenvalue weighted by molar-refractivity contribution is 0.305. The summed E-state index contributed by atoms with van der Waals surface area (Å²) >= 11 is 0. The minimum atomic E-state index is 0.538. The minimum Gasteiger partial charge on any atom is -0.494 e. The number of hydrogen-bond acceptors (Lipinski definition) is 2. The van der Waals surface area contributed by atoms with Crippen LogP contribution in [0.2, 0.25) is 0 Å². The molecule has 0 N–H and O–H groups in total. The second-order valence-corrected chi connectivity index (χ2v) is 16.5. The molecule has 2 aliphatic carbocycles. The predicted octanol–water partition coefficient (Wildman–Crippen LogP) is 14.8. The van der Waals surface area contributed by atoms with Crippen molar-refractivity contribution in [1.29, 1.82) is 0 Å². The Morgan fingerprint density at radius 2 is 0.860 bits per heavy atom. The van der Waals surface area contributed by atoms with Crippen LogP contribution < -0.4 is 9.47 Å². The van der Waals surface area contributed by atoms with Crippen molar-refractivity contribution in [3.63, 3.8) is 0 Å². The Morgan fingerprint density at radius 3 is 1.25 bits per heavy atom. The number of ether oxygens (including phenoxy) is 2. The summed E-state index contributed by atoms with van der Waals surface area (Å²) in [6.45, 7) is 10.5. The van der Waals surface area contributed by atoms with E-state index in [1.165, 1.54) is 112 Å². The molecule has 0 amide bonds. The highest BCUT2D eigenvalue weighted by Gasteiger charge is 2.22. The van der Waals surface area contributed by atoms with E-state index in [-0.39, 0.29) is 0 Å². The fourth-order valence-corrected chi connectivity index (χ4v) is 8.08. The maximum atomic E-state index is 5.82. The molecule has 2 aliphatic rings. The number of rotatable bonds is 15. The zero-order chi connectivity index (χ0) is 39.9. The first kappa shape index (κ1) is 43.7. The van der Waals surface area contributed by atoms with Crippen molar-refractivity contribution >= 4 is 0 Å². The first-order chi connectivity index (χ1) is 28.0. The summed E-state index contributed by atoms with van der Waals surface area (Å²) in [5.41, 5.74) is 7.98. The standard InChI is InChI=1S/C28H36O.C27H34O/c1-3-5-6-7-22-29-28-20-14-25(15-21-28)9-8-24-12-18-27(19-13-24)26-16-10-23(4-2)11-17-26;1-3-4-5-6-21-28-27-19-13-24(14-20-27)10-9-23-11-17-26(18-12-23)25-15-7-22(2)8-16-25/h10-11,14-17,20-21,24,27H,3-7,12-13,18-19,22H2,1-2H3;7-8,13-16,19-20,23,26H,3-6,11-12,17-18,21H2,1-2H3/t24-,27-;23-,26-. The largest absolute Gasteiger partial charge is 0.494 e. The van der Waals surface area contributed by atoms with Crippen LogP contribution in [0.5, 0.6) is 11.5 Å². The third-order valence-electron chi connectivity index (χ3n) is 11.9. The van der Waals surface area contributed by atoms with Gasteiger partial charge < -0.3 is 9.47 Å². The van der Waals surface area contributed by atoms with E-state index >= 15 is 0 Å². The Morgan fingerprint density at radius 1 is 0.456 bits per heavy atom. The molecule has 0 aromatic heterocycles. The molecule has 2 fully saturated rings. The molecule has 2 saturated carbocycles. The molecule has 0 atom stereocenters. The van der Waals surface area contributed by atoms with E-state index in [0.717, 1.165) is 55.1 Å². The first-order valence-electron chi connectivity index (χ1n) is 22.7. The lowest BCUT2D eigenvalue weighted by Gasteiger charge is -2.26. The Bertz CT molecular complexity index is 1800. The van der Waals surface area contributed by atoms with Crippen molar-refractivity contribution < 1.29 is 9.47 Å². The number of hydrogen-bond donors (Lipinski definition) is 0. The highest BCUT2D eigenvalue weighted by Crippen LogP contribution is 2.37. The average molecular weight is 763 g/mol. The van der Waals surface area contributed by atoms with E-state index in [0.29, 0.717) is 23.7 Å². The van der Waals surface area contributed by atoms with Gasteiger partial charge in [-0.3, -0.25) is 0 Å². The van der Waals surface area contributed by atoms with Gasteiger partial charge in [0.2, 0.25) is 0 Å². The summed E-state index contributed by atoms with van der Waals surface area (Å²) in [5.74, 6) is 18.2. The van der Waals surface area contributed by atoms with Gasteiger partial charge in [-0.2, -0.15) is 0 Å². The molecular weight excluding hydrogens is 693 g/mol. The summed E-state index contributed by atoms with van der Waals surface area (Å²) in [5, 5.41) is 0. The van der Waals surface area contributed by atoms with Gasteiger partial charge in [0.15, 0.2) is 0 Å². The van der Waals surface area contributed by atoms with E-state index in [1.54, 1.807) is 0 Å². The molecule has 0 radical (unpaired) electrons. The molecule has 0 aliphatic heterocycles. The molecule has 0 unspecified atom stereocenters. The van der Waals surface area contributed by atoms with Gasteiger partial charge in [0.25, 0.3) is 0 Å². The molecule has 0 spiro atoms. The summed E-state index contributed by atoms with van der Waals surface area (Å²) in [4.78, 5) is 0. The predicted molar refractivity (Wildman–Crippen MR) is 242 cm³/mol. The molecule has 6 rings (SSSR count). The highest BCUT2D eigenvalue weighted by molar-refractivity contribution is 5.40. The summed E-state index contributed by atoms with van der Waals surface area (Å²) in [7, 11) is 0. The van der Waals surface area contributed by atoms with E-state index < -0.39 is 0 Å². The lowest BCUT2D eigenvalue weighted by Crippen LogP contribution is -2.12. The van der Waals surface area contributed by atoms with Gasteiger partial charge in [-0.05, 0) is 155 Å². The summed E-state index contributed by atoms with van der Waals surface area (Å²) < 4.78 is 11.6. The molecule has 2 nitrogen and oxygen atoms in total. The second-order valence-electron chi connectivity index (χ2n) is 16.5. The zero-order valence-electron chi connectivity index (χ0n) is 35.8. The lowest BCUT2D eigenvalue weighted by atomic mass is 9.79. The van der Waals surface area contributed by atoms with E-state index in [1.807, 2.05) is 0 Å². The van der Waals surface area contributed by atoms with Gasteiger partial charge in [0, 0.05) is 23.0 Å². The molecule has 0 heterocycles. The third-order valence-corrected chi connectivity index (χ3v) is 11.9. The maximum absolute atomic E-state index is 5.82. The molecule has 302 valence electrons. The van der Waals surface area contributed by atoms with Crippen molar-refractivity contribution in [1.82, 2.24) is 0 Å². The van der Waals surface area contributed by atoms with Gasteiger partial charge in [-0.15, -0.1) is 0 Å². The van der Waals surface area contributed by atoms with Gasteiger partial charge in [-0.1, -0.05) is 137 Å². The van der Waals surface area contributed by atoms with Crippen LogP contribution in [0.3, 0.4) is 0 Å². The molecule has 4 aromatic carbocycles. The van der Waals surface area contributed by atoms with Crippen LogP contribution >= 0.6 is 0 Å². The minimum absolute atomic E-state index is 0.538. The maximum Gasteiger partial charge on any atom is 0.119 e. The van der Waals surface area contributed by atoms with E-state index in [2.05, 4.69) is 148 Å². The van der Waals surface area contributed by atoms with Crippen molar-refractivity contribution in [3.8, 4) is 35.2 Å². The molecule has 0 saturated heterocycles. The van der Waals surface area contributed by atoms with Crippen molar-refractivity contribution in [2.75, 3.05) is 13.2 Å². The Kier molecular flexibility index (Phi) is 19.2. The Balaban J connectivity index is 0.000000218. The van der Waals surface area contributed by atoms with Crippen molar-refractivity contribution in [3.05, 3.63) is 130 Å². The third kappa shape index (κ3) is 15.8. The van der Waals surface area contributed by atoms with Gasteiger partial charge in [-0.25, -0.2) is 0 Å². The molecule has 57 heavy (non-hydrogen) atoms. The van der Waals surface area contributed by atoms with Crippen molar-refractivity contribution in [2.24, 2.45) is 11.8 Å². The summed E-state index contributed by atoms with van der Waals surface area (Å²) in [6, 6.07) is 34.9. The molecular formula is C55H70O2.